The first kappa shape index (κ1) is 24.2. The van der Waals surface area contributed by atoms with Crippen LogP contribution in [0.15, 0.2) is 95.4 Å². The van der Waals surface area contributed by atoms with Crippen molar-refractivity contribution in [2.75, 3.05) is 11.9 Å². The van der Waals surface area contributed by atoms with Crippen LogP contribution in [0.25, 0.3) is 33.4 Å². The van der Waals surface area contributed by atoms with Crippen LogP contribution in [0.2, 0.25) is 0 Å². The molecule has 1 aromatic heterocycles. The first-order chi connectivity index (χ1) is 18.5. The number of nitrogens with one attached hydrogen (secondary N) is 1. The molecule has 38 heavy (non-hydrogen) atoms. The van der Waals surface area contributed by atoms with Gasteiger partial charge in [-0.05, 0) is 90.6 Å². The van der Waals surface area contributed by atoms with Gasteiger partial charge in [-0.1, -0.05) is 49.4 Å². The van der Waals surface area contributed by atoms with Crippen molar-refractivity contribution < 1.29 is 13.6 Å². The van der Waals surface area contributed by atoms with Crippen molar-refractivity contribution in [2.24, 2.45) is 0 Å². The molecule has 0 bridgehead atoms. The van der Waals surface area contributed by atoms with Crippen molar-refractivity contribution in [3.8, 4) is 22.5 Å². The van der Waals surface area contributed by atoms with Crippen molar-refractivity contribution in [1.82, 2.24) is 0 Å². The minimum atomic E-state index is -0.323. The summed E-state index contributed by atoms with van der Waals surface area (Å²) in [4.78, 5) is 13.1. The molecule has 1 saturated carbocycles. The van der Waals surface area contributed by atoms with Gasteiger partial charge < -0.3 is 9.73 Å². The van der Waals surface area contributed by atoms with Crippen LogP contribution in [0, 0.1) is 12.7 Å². The summed E-state index contributed by atoms with van der Waals surface area (Å²) in [6, 6.07) is 29.3. The predicted molar refractivity (Wildman–Crippen MR) is 152 cm³/mol. The molecule has 4 heteroatoms. The van der Waals surface area contributed by atoms with Gasteiger partial charge in [0.25, 0.3) is 0 Å². The van der Waals surface area contributed by atoms with Gasteiger partial charge in [-0.15, -0.1) is 0 Å². The molecule has 0 atom stereocenters. The molecule has 1 aliphatic carbocycles. The Bertz CT molecular complexity index is 1630. The van der Waals surface area contributed by atoms with E-state index in [9.17, 15) is 9.18 Å². The second-order valence-corrected chi connectivity index (χ2v) is 10.3. The fraction of sp³-hybridized carbons (Fsp3) is 0.206. The van der Waals surface area contributed by atoms with Crippen molar-refractivity contribution >= 4 is 22.4 Å². The number of fused-ring (bicyclic) bond motifs is 1. The first-order valence-electron chi connectivity index (χ1n) is 13.2. The molecule has 0 spiro atoms. The first-order valence-corrected chi connectivity index (χ1v) is 13.2. The van der Waals surface area contributed by atoms with Gasteiger partial charge in [0.2, 0.25) is 0 Å². The Hall–Kier alpha value is -4.18. The Morgan fingerprint density at radius 1 is 0.921 bits per heavy atom. The molecule has 3 nitrogen and oxygen atoms in total. The van der Waals surface area contributed by atoms with E-state index in [2.05, 4.69) is 60.8 Å². The number of benzene rings is 4. The van der Waals surface area contributed by atoms with Gasteiger partial charge in [0.15, 0.2) is 5.78 Å². The van der Waals surface area contributed by atoms with E-state index < -0.39 is 0 Å². The zero-order valence-electron chi connectivity index (χ0n) is 21.7. The Labute approximate surface area is 222 Å². The zero-order chi connectivity index (χ0) is 26.3. The van der Waals surface area contributed by atoms with Crippen molar-refractivity contribution in [1.29, 1.82) is 0 Å². The van der Waals surface area contributed by atoms with Crippen LogP contribution in [-0.2, 0) is 5.41 Å². The molecule has 1 heterocycles. The van der Waals surface area contributed by atoms with Gasteiger partial charge in [0, 0.05) is 35.0 Å². The van der Waals surface area contributed by atoms with Crippen LogP contribution >= 0.6 is 0 Å². The van der Waals surface area contributed by atoms with E-state index in [1.165, 1.54) is 30.5 Å². The molecular weight excluding hydrogens is 473 g/mol. The summed E-state index contributed by atoms with van der Waals surface area (Å²) in [6.45, 7) is 4.85. The number of ketones is 1. The number of hydrogen-bond acceptors (Lipinski definition) is 3. The van der Waals surface area contributed by atoms with E-state index in [4.69, 9.17) is 4.42 Å². The molecule has 6 rings (SSSR count). The highest BCUT2D eigenvalue weighted by Gasteiger charge is 2.43. The maximum absolute atomic E-state index is 13.6. The monoisotopic (exact) mass is 503 g/mol. The summed E-state index contributed by atoms with van der Waals surface area (Å²) >= 11 is 0. The molecule has 190 valence electrons. The minimum Gasteiger partial charge on any atom is -0.455 e. The maximum Gasteiger partial charge on any atom is 0.167 e. The van der Waals surface area contributed by atoms with E-state index in [0.717, 1.165) is 34.3 Å². The van der Waals surface area contributed by atoms with E-state index in [-0.39, 0.29) is 17.0 Å². The summed E-state index contributed by atoms with van der Waals surface area (Å²) in [5, 5.41) is 4.47. The van der Waals surface area contributed by atoms with E-state index in [0.29, 0.717) is 28.9 Å². The third-order valence-electron chi connectivity index (χ3n) is 7.81. The second kappa shape index (κ2) is 9.60. The largest absolute Gasteiger partial charge is 0.455 e. The molecule has 0 amide bonds. The summed E-state index contributed by atoms with van der Waals surface area (Å²) in [5.74, 6) is 0.172. The van der Waals surface area contributed by atoms with Crippen LogP contribution in [0.5, 0.6) is 0 Å². The molecule has 1 N–H and O–H groups in total. The Kier molecular flexibility index (Phi) is 6.11. The fourth-order valence-electron chi connectivity index (χ4n) is 5.35. The molecule has 0 unspecified atom stereocenters. The van der Waals surface area contributed by atoms with Gasteiger partial charge in [-0.2, -0.15) is 0 Å². The number of carbonyl (C=O) groups excluding carboxylic acids is 1. The SMILES string of the molecule is CCC(=O)c1c(-c2ccc(F)cc2)oc2ccc(-c3cc(NCC4(c5ccccc5)CC4)ccc3C)cc12. The number of rotatable bonds is 8. The summed E-state index contributed by atoms with van der Waals surface area (Å²) < 4.78 is 19.7. The predicted octanol–water partition coefficient (Wildman–Crippen LogP) is 8.95. The van der Waals surface area contributed by atoms with Crippen molar-refractivity contribution in [3.63, 3.8) is 0 Å². The average Bonchev–Trinajstić information content (AvgIpc) is 3.65. The number of anilines is 1. The highest BCUT2D eigenvalue weighted by molar-refractivity contribution is 6.12. The second-order valence-electron chi connectivity index (χ2n) is 10.3. The van der Waals surface area contributed by atoms with E-state index in [1.54, 1.807) is 12.1 Å². The van der Waals surface area contributed by atoms with Crippen LogP contribution in [-0.4, -0.2) is 12.3 Å². The summed E-state index contributed by atoms with van der Waals surface area (Å²) in [7, 11) is 0. The van der Waals surface area contributed by atoms with Crippen LogP contribution in [0.1, 0.15) is 47.7 Å². The highest BCUT2D eigenvalue weighted by Crippen LogP contribution is 2.48. The summed E-state index contributed by atoms with van der Waals surface area (Å²) in [6.07, 6.45) is 2.75. The van der Waals surface area contributed by atoms with Gasteiger partial charge in [-0.25, -0.2) is 4.39 Å². The maximum atomic E-state index is 13.6. The van der Waals surface area contributed by atoms with Gasteiger partial charge in [0.1, 0.15) is 17.2 Å². The minimum absolute atomic E-state index is 0.00278. The van der Waals surface area contributed by atoms with E-state index in [1.807, 2.05) is 25.1 Å². The molecule has 4 aromatic carbocycles. The van der Waals surface area contributed by atoms with E-state index >= 15 is 0 Å². The average molecular weight is 504 g/mol. The number of aryl methyl sites for hydroxylation is 1. The third kappa shape index (κ3) is 4.41. The Morgan fingerprint density at radius 3 is 2.37 bits per heavy atom. The fourth-order valence-corrected chi connectivity index (χ4v) is 5.35. The Morgan fingerprint density at radius 2 is 1.66 bits per heavy atom. The van der Waals surface area contributed by atoms with Crippen molar-refractivity contribution in [2.45, 2.75) is 38.5 Å². The van der Waals surface area contributed by atoms with Gasteiger partial charge in [-0.3, -0.25) is 4.79 Å². The molecule has 5 aromatic rings. The molecule has 0 radical (unpaired) electrons. The number of carbonyl (C=O) groups is 1. The van der Waals surface area contributed by atoms with Gasteiger partial charge in [0.05, 0.1) is 5.56 Å². The lowest BCUT2D eigenvalue weighted by Crippen LogP contribution is -2.19. The lowest BCUT2D eigenvalue weighted by atomic mass is 9.94. The molecule has 1 fully saturated rings. The lowest BCUT2D eigenvalue weighted by Gasteiger charge is -2.18. The molecule has 1 aliphatic rings. The van der Waals surface area contributed by atoms with Crippen LogP contribution < -0.4 is 5.32 Å². The smallest absolute Gasteiger partial charge is 0.167 e. The standard InChI is InChI=1S/C34H30FNO2/c1-3-30(37)32-29-19-24(12-16-31(29)38-33(32)23-10-13-26(35)14-11-23)28-20-27(15-9-22(28)2)36-21-34(17-18-34)25-7-5-4-6-8-25/h4-16,19-20,36H,3,17-18,21H2,1-2H3. The quantitative estimate of drug-likeness (QED) is 0.215. The van der Waals surface area contributed by atoms with Crippen molar-refractivity contribution in [3.05, 3.63) is 114 Å². The summed E-state index contributed by atoms with van der Waals surface area (Å²) in [5.41, 5.74) is 7.89. The third-order valence-corrected chi connectivity index (χ3v) is 7.81. The number of halogens is 1. The molecule has 0 saturated heterocycles. The molecular formula is C34H30FNO2. The number of hydrogen-bond donors (Lipinski definition) is 1. The number of Topliss-reactive ketones (excluding diaryl/α,β-unsaturated/α-hetero) is 1. The normalized spacial score (nSPS) is 14.0. The number of furan rings is 1. The van der Waals surface area contributed by atoms with Crippen LogP contribution in [0.4, 0.5) is 10.1 Å². The zero-order valence-corrected chi connectivity index (χ0v) is 21.7. The van der Waals surface area contributed by atoms with Crippen LogP contribution in [0.3, 0.4) is 0 Å². The Balaban J connectivity index is 1.35. The molecule has 0 aliphatic heterocycles. The topological polar surface area (TPSA) is 42.2 Å². The highest BCUT2D eigenvalue weighted by atomic mass is 19.1. The van der Waals surface area contributed by atoms with Gasteiger partial charge >= 0.3 is 0 Å². The lowest BCUT2D eigenvalue weighted by molar-refractivity contribution is 0.0989.